The number of carbonyl (C=O) groups is 1. The number of ether oxygens (including phenoxy) is 1. The predicted molar refractivity (Wildman–Crippen MR) is 78.7 cm³/mol. The summed E-state index contributed by atoms with van der Waals surface area (Å²) < 4.78 is 6.71. The van der Waals surface area contributed by atoms with E-state index in [1.807, 2.05) is 6.07 Å². The molecule has 1 aromatic rings. The fourth-order valence-electron chi connectivity index (χ4n) is 3.08. The van der Waals surface area contributed by atoms with Crippen LogP contribution >= 0.6 is 27.5 Å². The van der Waals surface area contributed by atoms with E-state index in [-0.39, 0.29) is 17.3 Å². The van der Waals surface area contributed by atoms with Crippen LogP contribution in [0.2, 0.25) is 5.02 Å². The van der Waals surface area contributed by atoms with Crippen LogP contribution in [-0.2, 0) is 4.74 Å². The highest BCUT2D eigenvalue weighted by Crippen LogP contribution is 2.45. The monoisotopic (exact) mass is 342 g/mol. The summed E-state index contributed by atoms with van der Waals surface area (Å²) in [6.07, 6.45) is 5.12. The molecule has 19 heavy (non-hydrogen) atoms. The first-order valence-electron chi connectivity index (χ1n) is 6.73. The van der Waals surface area contributed by atoms with Crippen molar-refractivity contribution in [1.29, 1.82) is 0 Å². The molecule has 1 saturated heterocycles. The van der Waals surface area contributed by atoms with E-state index in [0.717, 1.165) is 30.2 Å². The lowest BCUT2D eigenvalue weighted by Gasteiger charge is -2.46. The summed E-state index contributed by atoms with van der Waals surface area (Å²) in [6.45, 7) is 0.703. The van der Waals surface area contributed by atoms with Gasteiger partial charge in [0.1, 0.15) is 0 Å². The first kappa shape index (κ1) is 13.6. The topological polar surface area (TPSA) is 26.3 Å². The second kappa shape index (κ2) is 5.19. The first-order chi connectivity index (χ1) is 9.10. The van der Waals surface area contributed by atoms with Crippen molar-refractivity contribution in [2.45, 2.75) is 37.7 Å². The maximum atomic E-state index is 12.7. The molecule has 0 bridgehead atoms. The number of hydrogen-bond acceptors (Lipinski definition) is 2. The minimum atomic E-state index is 0.00360. The van der Waals surface area contributed by atoms with E-state index in [1.165, 1.54) is 6.42 Å². The highest BCUT2D eigenvalue weighted by atomic mass is 79.9. The number of halogens is 2. The van der Waals surface area contributed by atoms with Crippen LogP contribution in [0.3, 0.4) is 0 Å². The lowest BCUT2D eigenvalue weighted by atomic mass is 9.70. The van der Waals surface area contributed by atoms with Crippen molar-refractivity contribution in [3.8, 4) is 0 Å². The van der Waals surface area contributed by atoms with E-state index in [1.54, 1.807) is 12.1 Å². The fraction of sp³-hybridized carbons (Fsp3) is 0.533. The molecule has 1 saturated carbocycles. The van der Waals surface area contributed by atoms with E-state index < -0.39 is 0 Å². The van der Waals surface area contributed by atoms with Crippen LogP contribution in [0.15, 0.2) is 22.7 Å². The molecule has 102 valence electrons. The Morgan fingerprint density at radius 3 is 2.89 bits per heavy atom. The average molecular weight is 344 g/mol. The third-order valence-corrected chi connectivity index (χ3v) is 5.25. The lowest BCUT2D eigenvalue weighted by molar-refractivity contribution is -0.137. The average Bonchev–Trinajstić information content (AvgIpc) is 2.39. The molecule has 1 aromatic carbocycles. The molecule has 2 aliphatic rings. The Morgan fingerprint density at radius 1 is 1.42 bits per heavy atom. The van der Waals surface area contributed by atoms with Crippen LogP contribution < -0.4 is 0 Å². The van der Waals surface area contributed by atoms with Gasteiger partial charge in [0.2, 0.25) is 0 Å². The molecule has 2 fully saturated rings. The predicted octanol–water partition coefficient (Wildman–Crippen LogP) is 4.63. The van der Waals surface area contributed by atoms with Crippen LogP contribution in [0, 0.1) is 5.92 Å². The third-order valence-electron chi connectivity index (χ3n) is 4.32. The van der Waals surface area contributed by atoms with Crippen molar-refractivity contribution in [2.24, 2.45) is 5.92 Å². The van der Waals surface area contributed by atoms with E-state index in [0.29, 0.717) is 17.2 Å². The molecule has 1 heterocycles. The van der Waals surface area contributed by atoms with Crippen molar-refractivity contribution < 1.29 is 9.53 Å². The Kier molecular flexibility index (Phi) is 3.71. The maximum absolute atomic E-state index is 12.7. The molecule has 1 unspecified atom stereocenters. The second-order valence-electron chi connectivity index (χ2n) is 5.56. The Balaban J connectivity index is 1.81. The van der Waals surface area contributed by atoms with E-state index in [2.05, 4.69) is 15.9 Å². The van der Waals surface area contributed by atoms with Crippen molar-refractivity contribution in [3.63, 3.8) is 0 Å². The number of rotatable bonds is 2. The van der Waals surface area contributed by atoms with Crippen LogP contribution in [0.5, 0.6) is 0 Å². The van der Waals surface area contributed by atoms with Crippen molar-refractivity contribution in [3.05, 3.63) is 33.3 Å². The van der Waals surface area contributed by atoms with Gasteiger partial charge in [-0.3, -0.25) is 4.79 Å². The van der Waals surface area contributed by atoms with Crippen LogP contribution in [0.4, 0.5) is 0 Å². The van der Waals surface area contributed by atoms with Gasteiger partial charge >= 0.3 is 0 Å². The molecule has 4 heteroatoms. The normalized spacial score (nSPS) is 25.1. The molecule has 0 aromatic heterocycles. The summed E-state index contributed by atoms with van der Waals surface area (Å²) in [5, 5.41) is 0.608. The van der Waals surface area contributed by atoms with Crippen molar-refractivity contribution in [1.82, 2.24) is 0 Å². The molecule has 1 atom stereocenters. The third kappa shape index (κ3) is 2.61. The van der Waals surface area contributed by atoms with Gasteiger partial charge in [0.25, 0.3) is 0 Å². The second-order valence-corrected chi connectivity index (χ2v) is 6.85. The molecular weight excluding hydrogens is 328 g/mol. The number of hydrogen-bond donors (Lipinski definition) is 0. The van der Waals surface area contributed by atoms with Gasteiger partial charge in [-0.2, -0.15) is 0 Å². The summed E-state index contributed by atoms with van der Waals surface area (Å²) in [4.78, 5) is 12.7. The maximum Gasteiger partial charge on any atom is 0.167 e. The zero-order valence-corrected chi connectivity index (χ0v) is 13.0. The van der Waals surface area contributed by atoms with Crippen LogP contribution in [0.25, 0.3) is 0 Å². The number of Topliss-reactive ketones (excluding diaryl/α,β-unsaturated/α-hetero) is 1. The van der Waals surface area contributed by atoms with Gasteiger partial charge in [-0.1, -0.05) is 27.5 Å². The van der Waals surface area contributed by atoms with Gasteiger partial charge in [-0.25, -0.2) is 0 Å². The summed E-state index contributed by atoms with van der Waals surface area (Å²) in [5.41, 5.74) is 0.706. The van der Waals surface area contributed by atoms with E-state index in [9.17, 15) is 4.79 Å². The zero-order valence-electron chi connectivity index (χ0n) is 10.6. The Hall–Kier alpha value is -0.380. The molecular formula is C15H16BrClO2. The highest BCUT2D eigenvalue weighted by Gasteiger charge is 2.44. The molecule has 1 aliphatic carbocycles. The summed E-state index contributed by atoms with van der Waals surface area (Å²) in [6, 6.07) is 5.39. The highest BCUT2D eigenvalue weighted by molar-refractivity contribution is 9.10. The van der Waals surface area contributed by atoms with Crippen LogP contribution in [-0.4, -0.2) is 18.0 Å². The van der Waals surface area contributed by atoms with Crippen molar-refractivity contribution >= 4 is 33.3 Å². The molecule has 2 nitrogen and oxygen atoms in total. The molecule has 0 amide bonds. The summed E-state index contributed by atoms with van der Waals surface area (Å²) in [7, 11) is 0. The van der Waals surface area contributed by atoms with Crippen LogP contribution in [0.1, 0.15) is 42.5 Å². The van der Waals surface area contributed by atoms with Gasteiger partial charge in [-0.05, 0) is 50.3 Å². The molecule has 0 radical (unpaired) electrons. The number of benzene rings is 1. The Morgan fingerprint density at radius 2 is 2.21 bits per heavy atom. The van der Waals surface area contributed by atoms with Gasteiger partial charge < -0.3 is 4.74 Å². The van der Waals surface area contributed by atoms with Gasteiger partial charge in [-0.15, -0.1) is 0 Å². The van der Waals surface area contributed by atoms with Gasteiger partial charge in [0.15, 0.2) is 5.78 Å². The minimum Gasteiger partial charge on any atom is -0.375 e. The molecule has 0 N–H and O–H groups in total. The van der Waals surface area contributed by atoms with E-state index >= 15 is 0 Å². The number of ketones is 1. The van der Waals surface area contributed by atoms with Crippen molar-refractivity contribution in [2.75, 3.05) is 6.61 Å². The summed E-state index contributed by atoms with van der Waals surface area (Å²) >= 11 is 9.44. The standard InChI is InChI=1S/C15H16BrClO2/c16-13-3-2-11(17)8-12(13)14(18)10-4-7-19-15(9-10)5-1-6-15/h2-3,8,10H,1,4-7,9H2. The Labute approximate surface area is 126 Å². The minimum absolute atomic E-state index is 0.00360. The SMILES string of the molecule is O=C(c1cc(Cl)ccc1Br)C1CCOC2(CCC2)C1. The van der Waals surface area contributed by atoms with Gasteiger partial charge in [0, 0.05) is 27.6 Å². The van der Waals surface area contributed by atoms with Gasteiger partial charge in [0.05, 0.1) is 5.60 Å². The smallest absolute Gasteiger partial charge is 0.167 e. The lowest BCUT2D eigenvalue weighted by Crippen LogP contribution is -2.47. The molecule has 3 rings (SSSR count). The zero-order chi connectivity index (χ0) is 13.5. The quantitative estimate of drug-likeness (QED) is 0.732. The summed E-state index contributed by atoms with van der Waals surface area (Å²) in [5.74, 6) is 0.271. The fourth-order valence-corrected chi connectivity index (χ4v) is 3.69. The Bertz CT molecular complexity index is 511. The number of carbonyl (C=O) groups excluding carboxylic acids is 1. The molecule has 1 spiro atoms. The van der Waals surface area contributed by atoms with E-state index in [4.69, 9.17) is 16.3 Å². The molecule has 1 aliphatic heterocycles. The first-order valence-corrected chi connectivity index (χ1v) is 7.90. The largest absolute Gasteiger partial charge is 0.375 e.